The Morgan fingerprint density at radius 2 is 2.15 bits per heavy atom. The van der Waals surface area contributed by atoms with Gasteiger partial charge in [-0.1, -0.05) is 31.5 Å². The van der Waals surface area contributed by atoms with Crippen molar-refractivity contribution in [1.29, 1.82) is 0 Å². The second kappa shape index (κ2) is 6.27. The molecule has 2 rings (SSSR count). The van der Waals surface area contributed by atoms with Crippen molar-refractivity contribution in [2.45, 2.75) is 19.2 Å². The second-order valence-corrected chi connectivity index (χ2v) is 7.18. The molecular formula is C15H21ClN2OS. The standard InChI is InChI=1S/C15H21ClN2OS/c1-10(2)8-18-14(19)9-20-15(18)12-6-5-11(17(3)4)7-13(12)16/h5-7,10,15H,8-9H2,1-4H3. The molecule has 0 aromatic heterocycles. The fraction of sp³-hybridized carbons (Fsp3) is 0.533. The number of thioether (sulfide) groups is 1. The van der Waals surface area contributed by atoms with Gasteiger partial charge in [-0.3, -0.25) is 4.79 Å². The number of anilines is 1. The maximum Gasteiger partial charge on any atom is 0.233 e. The van der Waals surface area contributed by atoms with E-state index in [1.165, 1.54) is 0 Å². The Hall–Kier alpha value is -0.870. The van der Waals surface area contributed by atoms with Gasteiger partial charge in [-0.25, -0.2) is 0 Å². The number of hydrogen-bond acceptors (Lipinski definition) is 3. The van der Waals surface area contributed by atoms with Gasteiger partial charge in [0.2, 0.25) is 5.91 Å². The lowest BCUT2D eigenvalue weighted by Gasteiger charge is -2.27. The summed E-state index contributed by atoms with van der Waals surface area (Å²) in [5.41, 5.74) is 2.11. The summed E-state index contributed by atoms with van der Waals surface area (Å²) in [6, 6.07) is 6.06. The van der Waals surface area contributed by atoms with E-state index in [9.17, 15) is 4.79 Å². The van der Waals surface area contributed by atoms with E-state index in [0.29, 0.717) is 11.7 Å². The summed E-state index contributed by atoms with van der Waals surface area (Å²) < 4.78 is 0. The predicted octanol–water partition coefficient (Wildman–Crippen LogP) is 3.64. The molecule has 1 atom stereocenters. The van der Waals surface area contributed by atoms with Gasteiger partial charge in [0, 0.05) is 36.9 Å². The van der Waals surface area contributed by atoms with E-state index < -0.39 is 0 Å². The monoisotopic (exact) mass is 312 g/mol. The summed E-state index contributed by atoms with van der Waals surface area (Å²) in [5, 5.41) is 0.783. The molecule has 1 aliphatic heterocycles. The molecule has 1 aromatic rings. The first-order valence-corrected chi connectivity index (χ1v) is 8.20. The topological polar surface area (TPSA) is 23.6 Å². The van der Waals surface area contributed by atoms with E-state index in [-0.39, 0.29) is 11.3 Å². The van der Waals surface area contributed by atoms with Crippen LogP contribution in [0.3, 0.4) is 0 Å². The molecule has 1 amide bonds. The molecule has 20 heavy (non-hydrogen) atoms. The van der Waals surface area contributed by atoms with Gasteiger partial charge < -0.3 is 9.80 Å². The van der Waals surface area contributed by atoms with Gasteiger partial charge in [0.15, 0.2) is 0 Å². The molecule has 0 aliphatic carbocycles. The highest BCUT2D eigenvalue weighted by Gasteiger charge is 2.34. The Morgan fingerprint density at radius 1 is 1.45 bits per heavy atom. The third kappa shape index (κ3) is 3.23. The van der Waals surface area contributed by atoms with Gasteiger partial charge in [0.05, 0.1) is 5.75 Å². The molecule has 1 saturated heterocycles. The van der Waals surface area contributed by atoms with Crippen LogP contribution in [0.2, 0.25) is 5.02 Å². The average molecular weight is 313 g/mol. The lowest BCUT2D eigenvalue weighted by molar-refractivity contribution is -0.128. The fourth-order valence-electron chi connectivity index (χ4n) is 2.30. The normalized spacial score (nSPS) is 19.0. The van der Waals surface area contributed by atoms with Gasteiger partial charge in [-0.2, -0.15) is 0 Å². The minimum absolute atomic E-state index is 0.0496. The van der Waals surface area contributed by atoms with Crippen LogP contribution in [0.15, 0.2) is 18.2 Å². The molecule has 1 heterocycles. The number of nitrogens with zero attached hydrogens (tertiary/aromatic N) is 2. The second-order valence-electron chi connectivity index (χ2n) is 5.70. The van der Waals surface area contributed by atoms with Crippen LogP contribution in [0.1, 0.15) is 24.8 Å². The molecule has 0 bridgehead atoms. The molecule has 0 spiro atoms. The first kappa shape index (κ1) is 15.5. The molecule has 0 radical (unpaired) electrons. The lowest BCUT2D eigenvalue weighted by atomic mass is 10.1. The molecule has 0 saturated carbocycles. The number of benzene rings is 1. The first-order chi connectivity index (χ1) is 9.40. The molecule has 3 nitrogen and oxygen atoms in total. The van der Waals surface area contributed by atoms with Crippen molar-refractivity contribution in [3.63, 3.8) is 0 Å². The molecule has 1 aromatic carbocycles. The van der Waals surface area contributed by atoms with Gasteiger partial charge in [-0.15, -0.1) is 11.8 Å². The number of halogens is 1. The summed E-state index contributed by atoms with van der Waals surface area (Å²) in [5.74, 6) is 1.21. The number of carbonyl (C=O) groups excluding carboxylic acids is 1. The molecule has 0 N–H and O–H groups in total. The molecule has 1 aliphatic rings. The smallest absolute Gasteiger partial charge is 0.233 e. The zero-order valence-electron chi connectivity index (χ0n) is 12.4. The highest BCUT2D eigenvalue weighted by molar-refractivity contribution is 8.00. The summed E-state index contributed by atoms with van der Waals surface area (Å²) in [7, 11) is 3.98. The molecule has 1 fully saturated rings. The molecular weight excluding hydrogens is 292 g/mol. The van der Waals surface area contributed by atoms with Crippen LogP contribution >= 0.6 is 23.4 Å². The van der Waals surface area contributed by atoms with Crippen molar-refractivity contribution in [1.82, 2.24) is 4.90 Å². The fourth-order valence-corrected chi connectivity index (χ4v) is 3.87. The van der Waals surface area contributed by atoms with Crippen LogP contribution < -0.4 is 4.90 Å². The quantitative estimate of drug-likeness (QED) is 0.848. The van der Waals surface area contributed by atoms with Crippen molar-refractivity contribution < 1.29 is 4.79 Å². The lowest BCUT2D eigenvalue weighted by Crippen LogP contribution is -2.31. The largest absolute Gasteiger partial charge is 0.378 e. The summed E-state index contributed by atoms with van der Waals surface area (Å²) in [6.45, 7) is 5.04. The van der Waals surface area contributed by atoms with Crippen LogP contribution in [0.25, 0.3) is 0 Å². The minimum atomic E-state index is 0.0496. The van der Waals surface area contributed by atoms with E-state index in [0.717, 1.165) is 22.8 Å². The van der Waals surface area contributed by atoms with E-state index in [1.807, 2.05) is 36.0 Å². The average Bonchev–Trinajstić information content (AvgIpc) is 2.70. The SMILES string of the molecule is CC(C)CN1C(=O)CSC1c1ccc(N(C)C)cc1Cl. The number of amides is 1. The van der Waals surface area contributed by atoms with Crippen molar-refractivity contribution in [2.24, 2.45) is 5.92 Å². The summed E-state index contributed by atoms with van der Waals surface area (Å²) in [6.07, 6.45) is 0. The maximum atomic E-state index is 12.0. The zero-order valence-corrected chi connectivity index (χ0v) is 14.0. The summed E-state index contributed by atoms with van der Waals surface area (Å²) in [4.78, 5) is 16.0. The van der Waals surface area contributed by atoms with Crippen LogP contribution in [-0.2, 0) is 4.79 Å². The van der Waals surface area contributed by atoms with Crippen LogP contribution in [0.5, 0.6) is 0 Å². The van der Waals surface area contributed by atoms with Crippen molar-refractivity contribution in [2.75, 3.05) is 31.3 Å². The highest BCUT2D eigenvalue weighted by Crippen LogP contribution is 2.42. The van der Waals surface area contributed by atoms with Crippen molar-refractivity contribution in [3.8, 4) is 0 Å². The third-order valence-electron chi connectivity index (χ3n) is 3.30. The van der Waals surface area contributed by atoms with E-state index >= 15 is 0 Å². The number of hydrogen-bond donors (Lipinski definition) is 0. The Labute approximate surface area is 130 Å². The van der Waals surface area contributed by atoms with E-state index in [1.54, 1.807) is 11.8 Å². The third-order valence-corrected chi connectivity index (χ3v) is 4.86. The molecule has 1 unspecified atom stereocenters. The van der Waals surface area contributed by atoms with Crippen LogP contribution in [0, 0.1) is 5.92 Å². The molecule has 5 heteroatoms. The maximum absolute atomic E-state index is 12.0. The van der Waals surface area contributed by atoms with Gasteiger partial charge >= 0.3 is 0 Å². The van der Waals surface area contributed by atoms with Crippen LogP contribution in [0.4, 0.5) is 5.69 Å². The Balaban J connectivity index is 2.28. The molecule has 110 valence electrons. The Bertz CT molecular complexity index is 505. The zero-order chi connectivity index (χ0) is 14.9. The number of rotatable bonds is 4. The van der Waals surface area contributed by atoms with E-state index in [2.05, 4.69) is 19.9 Å². The van der Waals surface area contributed by atoms with E-state index in [4.69, 9.17) is 11.6 Å². The first-order valence-electron chi connectivity index (χ1n) is 6.78. The summed E-state index contributed by atoms with van der Waals surface area (Å²) >= 11 is 8.09. The Morgan fingerprint density at radius 3 is 2.70 bits per heavy atom. The van der Waals surface area contributed by atoms with Gasteiger partial charge in [0.1, 0.15) is 5.37 Å². The van der Waals surface area contributed by atoms with Crippen LogP contribution in [-0.4, -0.2) is 37.2 Å². The van der Waals surface area contributed by atoms with Crippen molar-refractivity contribution >= 4 is 35.0 Å². The highest BCUT2D eigenvalue weighted by atomic mass is 35.5. The van der Waals surface area contributed by atoms with Crippen molar-refractivity contribution in [3.05, 3.63) is 28.8 Å². The Kier molecular flexibility index (Phi) is 4.86. The van der Waals surface area contributed by atoms with Gasteiger partial charge in [0.25, 0.3) is 0 Å². The van der Waals surface area contributed by atoms with Gasteiger partial charge in [-0.05, 0) is 18.1 Å². The minimum Gasteiger partial charge on any atom is -0.378 e. The predicted molar refractivity (Wildman–Crippen MR) is 87.5 cm³/mol. The number of carbonyl (C=O) groups is 1.